The zero-order chi connectivity index (χ0) is 19.6. The van der Waals surface area contributed by atoms with Crippen molar-refractivity contribution in [3.63, 3.8) is 0 Å². The molecule has 27 heavy (non-hydrogen) atoms. The van der Waals surface area contributed by atoms with Crippen molar-refractivity contribution in [2.75, 3.05) is 20.3 Å². The highest BCUT2D eigenvalue weighted by molar-refractivity contribution is 6.31. The summed E-state index contributed by atoms with van der Waals surface area (Å²) in [6, 6.07) is 12.9. The molecule has 144 valence electrons. The van der Waals surface area contributed by atoms with E-state index in [0.29, 0.717) is 21.4 Å². The lowest BCUT2D eigenvalue weighted by Gasteiger charge is -2.19. The maximum absolute atomic E-state index is 12.2. The molecule has 0 bridgehead atoms. The van der Waals surface area contributed by atoms with E-state index in [1.807, 2.05) is 0 Å². The minimum Gasteiger partial charge on any atom is -0.492 e. The zero-order valence-corrected chi connectivity index (χ0v) is 16.2. The standard InChI is InChI=1S/C19H20Cl2N2O4/c1-26-18(24)12-17(15-7-2-3-8-16(15)21)23-19(25)22-9-10-27-14-6-4-5-13(20)11-14/h2-8,11,17H,9-10,12H2,1H3,(H2,22,23,25). The lowest BCUT2D eigenvalue weighted by atomic mass is 10.0. The average Bonchev–Trinajstić information content (AvgIpc) is 2.65. The molecule has 2 N–H and O–H groups in total. The molecule has 0 fully saturated rings. The maximum Gasteiger partial charge on any atom is 0.315 e. The van der Waals surface area contributed by atoms with E-state index in [0.717, 1.165) is 0 Å². The van der Waals surface area contributed by atoms with Crippen LogP contribution in [0.2, 0.25) is 10.0 Å². The number of amides is 2. The number of esters is 1. The fourth-order valence-corrected chi connectivity index (χ4v) is 2.79. The summed E-state index contributed by atoms with van der Waals surface area (Å²) in [7, 11) is 1.29. The molecule has 6 nitrogen and oxygen atoms in total. The third kappa shape index (κ3) is 7.00. The SMILES string of the molecule is COC(=O)CC(NC(=O)NCCOc1cccc(Cl)c1)c1ccccc1Cl. The monoisotopic (exact) mass is 410 g/mol. The van der Waals surface area contributed by atoms with Gasteiger partial charge in [0.25, 0.3) is 0 Å². The molecule has 2 aromatic rings. The Morgan fingerprint density at radius 1 is 1.11 bits per heavy atom. The van der Waals surface area contributed by atoms with Crippen molar-refractivity contribution in [2.24, 2.45) is 0 Å². The van der Waals surface area contributed by atoms with Gasteiger partial charge < -0.3 is 20.1 Å². The minimum absolute atomic E-state index is 0.0351. The lowest BCUT2D eigenvalue weighted by molar-refractivity contribution is -0.141. The molecule has 0 aliphatic carbocycles. The predicted octanol–water partition coefficient (Wildman–Crippen LogP) is 3.98. The number of carbonyl (C=O) groups is 2. The summed E-state index contributed by atoms with van der Waals surface area (Å²) >= 11 is 12.1. The zero-order valence-electron chi connectivity index (χ0n) is 14.7. The smallest absolute Gasteiger partial charge is 0.315 e. The number of benzene rings is 2. The van der Waals surface area contributed by atoms with Crippen molar-refractivity contribution >= 4 is 35.2 Å². The molecule has 2 rings (SSSR count). The van der Waals surface area contributed by atoms with Gasteiger partial charge in [-0.25, -0.2) is 4.79 Å². The largest absolute Gasteiger partial charge is 0.492 e. The van der Waals surface area contributed by atoms with E-state index in [1.165, 1.54) is 7.11 Å². The molecule has 0 aliphatic heterocycles. The summed E-state index contributed by atoms with van der Waals surface area (Å²) in [5, 5.41) is 6.44. The number of halogens is 2. The topological polar surface area (TPSA) is 76.7 Å². The highest BCUT2D eigenvalue weighted by Crippen LogP contribution is 2.25. The van der Waals surface area contributed by atoms with E-state index in [-0.39, 0.29) is 19.6 Å². The molecule has 0 saturated heterocycles. The fraction of sp³-hybridized carbons (Fsp3) is 0.263. The Bertz CT molecular complexity index is 786. The molecular formula is C19H20Cl2N2O4. The Morgan fingerprint density at radius 2 is 1.89 bits per heavy atom. The fourth-order valence-electron chi connectivity index (χ4n) is 2.35. The van der Waals surface area contributed by atoms with Crippen LogP contribution in [-0.2, 0) is 9.53 Å². The van der Waals surface area contributed by atoms with Crippen molar-refractivity contribution in [2.45, 2.75) is 12.5 Å². The van der Waals surface area contributed by atoms with Crippen LogP contribution >= 0.6 is 23.2 Å². The summed E-state index contributed by atoms with van der Waals surface area (Å²) in [5.41, 5.74) is 0.634. The van der Waals surface area contributed by atoms with Crippen LogP contribution in [0.1, 0.15) is 18.0 Å². The van der Waals surface area contributed by atoms with Crippen LogP contribution in [0.5, 0.6) is 5.75 Å². The summed E-state index contributed by atoms with van der Waals surface area (Å²) in [6.45, 7) is 0.535. The number of ether oxygens (including phenoxy) is 2. The van der Waals surface area contributed by atoms with Crippen LogP contribution in [0.4, 0.5) is 4.79 Å². The Balaban J connectivity index is 1.87. The molecule has 0 aromatic heterocycles. The average molecular weight is 411 g/mol. The van der Waals surface area contributed by atoms with Crippen molar-refractivity contribution < 1.29 is 19.1 Å². The third-order valence-corrected chi connectivity index (χ3v) is 4.22. The van der Waals surface area contributed by atoms with Gasteiger partial charge in [0.15, 0.2) is 0 Å². The van der Waals surface area contributed by atoms with Crippen LogP contribution in [0, 0.1) is 0 Å². The van der Waals surface area contributed by atoms with Crippen LogP contribution in [0.15, 0.2) is 48.5 Å². The van der Waals surface area contributed by atoms with E-state index in [9.17, 15) is 9.59 Å². The Hall–Kier alpha value is -2.44. The lowest BCUT2D eigenvalue weighted by Crippen LogP contribution is -2.40. The normalized spacial score (nSPS) is 11.4. The van der Waals surface area contributed by atoms with Gasteiger partial charge in [0.1, 0.15) is 12.4 Å². The van der Waals surface area contributed by atoms with E-state index in [1.54, 1.807) is 48.5 Å². The Morgan fingerprint density at radius 3 is 2.59 bits per heavy atom. The van der Waals surface area contributed by atoms with Crippen molar-refractivity contribution in [3.8, 4) is 5.75 Å². The van der Waals surface area contributed by atoms with E-state index in [2.05, 4.69) is 10.6 Å². The number of urea groups is 1. The first kappa shape index (κ1) is 20.9. The van der Waals surface area contributed by atoms with Gasteiger partial charge in [-0.05, 0) is 29.8 Å². The van der Waals surface area contributed by atoms with Gasteiger partial charge in [-0.15, -0.1) is 0 Å². The van der Waals surface area contributed by atoms with Crippen molar-refractivity contribution in [1.82, 2.24) is 10.6 Å². The highest BCUT2D eigenvalue weighted by Gasteiger charge is 2.20. The summed E-state index contributed by atoms with van der Waals surface area (Å²) in [6.07, 6.45) is -0.0351. The molecule has 0 aliphatic rings. The molecule has 1 atom stereocenters. The van der Waals surface area contributed by atoms with E-state index < -0.39 is 18.0 Å². The number of methoxy groups -OCH3 is 1. The summed E-state index contributed by atoms with van der Waals surface area (Å²) in [5.74, 6) is 0.161. The van der Waals surface area contributed by atoms with Crippen LogP contribution in [0.3, 0.4) is 0 Å². The van der Waals surface area contributed by atoms with Gasteiger partial charge in [0.2, 0.25) is 0 Å². The quantitative estimate of drug-likeness (QED) is 0.509. The van der Waals surface area contributed by atoms with Crippen LogP contribution in [0.25, 0.3) is 0 Å². The first-order valence-corrected chi connectivity index (χ1v) is 8.99. The Labute approximate surface area is 167 Å². The van der Waals surface area contributed by atoms with Crippen molar-refractivity contribution in [3.05, 3.63) is 64.1 Å². The molecule has 2 aromatic carbocycles. The second-order valence-electron chi connectivity index (χ2n) is 5.56. The molecule has 0 heterocycles. The van der Waals surface area contributed by atoms with Crippen molar-refractivity contribution in [1.29, 1.82) is 0 Å². The molecule has 0 saturated carbocycles. The molecule has 0 spiro atoms. The second-order valence-corrected chi connectivity index (χ2v) is 6.40. The molecule has 8 heteroatoms. The van der Waals surface area contributed by atoms with Gasteiger partial charge in [0, 0.05) is 10.0 Å². The summed E-state index contributed by atoms with van der Waals surface area (Å²) < 4.78 is 10.2. The number of hydrogen-bond acceptors (Lipinski definition) is 4. The summed E-state index contributed by atoms with van der Waals surface area (Å²) in [4.78, 5) is 23.8. The number of carbonyl (C=O) groups excluding carboxylic acids is 2. The van der Waals surface area contributed by atoms with Gasteiger partial charge in [-0.2, -0.15) is 0 Å². The Kier molecular flexibility index (Phi) is 8.23. The van der Waals surface area contributed by atoms with Gasteiger partial charge in [-0.1, -0.05) is 47.5 Å². The van der Waals surface area contributed by atoms with Gasteiger partial charge >= 0.3 is 12.0 Å². The van der Waals surface area contributed by atoms with Crippen LogP contribution < -0.4 is 15.4 Å². The number of rotatable bonds is 8. The second kappa shape index (κ2) is 10.6. The molecule has 0 radical (unpaired) electrons. The van der Waals surface area contributed by atoms with Crippen LogP contribution in [-0.4, -0.2) is 32.3 Å². The van der Waals surface area contributed by atoms with Gasteiger partial charge in [-0.3, -0.25) is 4.79 Å². The predicted molar refractivity (Wildman–Crippen MR) is 104 cm³/mol. The number of nitrogens with one attached hydrogen (secondary N) is 2. The first-order chi connectivity index (χ1) is 13.0. The minimum atomic E-state index is -0.611. The first-order valence-electron chi connectivity index (χ1n) is 8.23. The van der Waals surface area contributed by atoms with E-state index in [4.69, 9.17) is 32.7 Å². The molecule has 2 amide bonds. The van der Waals surface area contributed by atoms with E-state index >= 15 is 0 Å². The molecule has 1 unspecified atom stereocenters. The van der Waals surface area contributed by atoms with Gasteiger partial charge in [0.05, 0.1) is 26.1 Å². The third-order valence-electron chi connectivity index (χ3n) is 3.64. The maximum atomic E-state index is 12.2. The molecular weight excluding hydrogens is 391 g/mol. The number of hydrogen-bond donors (Lipinski definition) is 2. The highest BCUT2D eigenvalue weighted by atomic mass is 35.5.